The Bertz CT molecular complexity index is 1180. The summed E-state index contributed by atoms with van der Waals surface area (Å²) < 4.78 is 36.5. The quantitative estimate of drug-likeness (QED) is 0.585. The predicted molar refractivity (Wildman–Crippen MR) is 120 cm³/mol. The van der Waals surface area contributed by atoms with Crippen molar-refractivity contribution >= 4 is 22.9 Å². The smallest absolute Gasteiger partial charge is 0.314 e. The summed E-state index contributed by atoms with van der Waals surface area (Å²) >= 11 is 0. The number of likely N-dealkylation sites (tertiary alicyclic amines) is 1. The molecule has 0 aromatic carbocycles. The van der Waals surface area contributed by atoms with Crippen LogP contribution < -0.4 is 11.1 Å². The number of carbonyl (C=O) groups excluding carboxylic acids is 1. The minimum Gasteiger partial charge on any atom is -0.381 e. The predicted octanol–water partition coefficient (Wildman–Crippen LogP) is 2.69. The Morgan fingerprint density at radius 1 is 1.26 bits per heavy atom. The molecule has 12 heteroatoms. The van der Waals surface area contributed by atoms with Gasteiger partial charge in [-0.2, -0.15) is 5.10 Å². The number of hydrogen-bond acceptors (Lipinski definition) is 7. The molecule has 2 aliphatic rings. The fourth-order valence-electron chi connectivity index (χ4n) is 4.48. The lowest BCUT2D eigenvalue weighted by molar-refractivity contribution is -0.0920. The van der Waals surface area contributed by atoms with Crippen LogP contribution in [0.2, 0.25) is 0 Å². The molecule has 180 valence electrons. The van der Waals surface area contributed by atoms with Crippen molar-refractivity contribution in [3.63, 3.8) is 0 Å². The lowest BCUT2D eigenvalue weighted by atomic mass is 9.93. The minimum absolute atomic E-state index is 0.0575. The summed E-state index contributed by atoms with van der Waals surface area (Å²) in [6, 6.07) is 1.38. The van der Waals surface area contributed by atoms with Crippen molar-refractivity contribution in [2.75, 3.05) is 38.2 Å². The van der Waals surface area contributed by atoms with Crippen molar-refractivity contribution < 1.29 is 18.3 Å². The summed E-state index contributed by atoms with van der Waals surface area (Å²) in [6.07, 6.45) is 8.13. The minimum atomic E-state index is -2.93. The summed E-state index contributed by atoms with van der Waals surface area (Å²) in [4.78, 5) is 26.2. The van der Waals surface area contributed by atoms with Crippen LogP contribution in [0.25, 0.3) is 22.3 Å². The van der Waals surface area contributed by atoms with Crippen LogP contribution in [0.5, 0.6) is 0 Å². The number of nitrogens with two attached hydrogens (primary N) is 1. The second kappa shape index (κ2) is 9.09. The Morgan fingerprint density at radius 2 is 2.06 bits per heavy atom. The first-order chi connectivity index (χ1) is 16.4. The number of piperidine rings is 1. The number of alkyl halides is 2. The lowest BCUT2D eigenvalue weighted by Gasteiger charge is -2.37. The van der Waals surface area contributed by atoms with E-state index in [9.17, 15) is 13.6 Å². The van der Waals surface area contributed by atoms with E-state index in [1.54, 1.807) is 12.4 Å². The van der Waals surface area contributed by atoms with Gasteiger partial charge in [0.05, 0.1) is 29.4 Å². The highest BCUT2D eigenvalue weighted by atomic mass is 19.3. The molecular weight excluding hydrogens is 446 g/mol. The monoisotopic (exact) mass is 472 g/mol. The number of halogens is 2. The van der Waals surface area contributed by atoms with Gasteiger partial charge in [-0.1, -0.05) is 0 Å². The average molecular weight is 473 g/mol. The third-order valence-corrected chi connectivity index (χ3v) is 6.50. The molecule has 3 N–H and O–H groups in total. The normalized spacial score (nSPS) is 21.0. The third-order valence-electron chi connectivity index (χ3n) is 6.50. The van der Waals surface area contributed by atoms with E-state index in [1.165, 1.54) is 11.1 Å². The molecule has 2 fully saturated rings. The molecule has 0 spiro atoms. The first-order valence-corrected chi connectivity index (χ1v) is 11.3. The number of nitrogens with zero attached hydrogens (tertiary/aromatic N) is 6. The number of fused-ring (bicyclic) bond motifs is 1. The topological polar surface area (TPSA) is 124 Å². The number of amides is 2. The molecule has 2 amide bonds. The van der Waals surface area contributed by atoms with Crippen molar-refractivity contribution in [3.05, 3.63) is 30.9 Å². The SMILES string of the molecule is NC(=O)N1CCC(F)(F)C(CNc2nc(-c3cnn(C4CCOCC4)c3)cc3nccnc23)C1. The van der Waals surface area contributed by atoms with Gasteiger partial charge in [-0.25, -0.2) is 23.5 Å². The molecule has 10 nitrogen and oxygen atoms in total. The number of ether oxygens (including phenoxy) is 1. The molecule has 3 aromatic rings. The molecular formula is C22H26F2N8O2. The van der Waals surface area contributed by atoms with Crippen LogP contribution >= 0.6 is 0 Å². The van der Waals surface area contributed by atoms with Crippen LogP contribution in [-0.2, 0) is 4.74 Å². The van der Waals surface area contributed by atoms with Crippen LogP contribution in [0.15, 0.2) is 30.9 Å². The second-order valence-corrected chi connectivity index (χ2v) is 8.71. The summed E-state index contributed by atoms with van der Waals surface area (Å²) in [6.45, 7) is 1.13. The second-order valence-electron chi connectivity index (χ2n) is 8.71. The van der Waals surface area contributed by atoms with Crippen molar-refractivity contribution in [2.45, 2.75) is 31.2 Å². The zero-order chi connectivity index (χ0) is 23.7. The van der Waals surface area contributed by atoms with Crippen LogP contribution in [0, 0.1) is 5.92 Å². The van der Waals surface area contributed by atoms with Gasteiger partial charge in [-0.15, -0.1) is 0 Å². The van der Waals surface area contributed by atoms with Gasteiger partial charge in [0.1, 0.15) is 5.52 Å². The maximum atomic E-state index is 14.6. The standard InChI is InChI=1S/C22H26F2N8O2/c23-22(24)3-6-31(21(25)33)13-15(22)11-28-20-19-18(26-4-5-27-19)9-17(30-20)14-10-29-32(12-14)16-1-7-34-8-2-16/h4-5,9-10,12,15-16H,1-3,6-8,11,13H2,(H2,25,33)(H,28,30). The zero-order valence-corrected chi connectivity index (χ0v) is 18.5. The molecule has 5 rings (SSSR count). The van der Waals surface area contributed by atoms with Gasteiger partial charge in [0.2, 0.25) is 0 Å². The number of carbonyl (C=O) groups is 1. The molecule has 1 unspecified atom stereocenters. The highest BCUT2D eigenvalue weighted by Crippen LogP contribution is 2.34. The third kappa shape index (κ3) is 4.49. The number of rotatable bonds is 5. The number of anilines is 1. The van der Waals surface area contributed by atoms with Gasteiger partial charge in [-0.3, -0.25) is 9.67 Å². The fraction of sp³-hybridized carbons (Fsp3) is 0.500. The first kappa shape index (κ1) is 22.4. The lowest BCUT2D eigenvalue weighted by Crippen LogP contribution is -2.52. The van der Waals surface area contributed by atoms with E-state index in [2.05, 4.69) is 25.4 Å². The molecule has 5 heterocycles. The number of hydrogen-bond donors (Lipinski definition) is 2. The number of aromatic nitrogens is 5. The van der Waals surface area contributed by atoms with E-state index < -0.39 is 24.3 Å². The summed E-state index contributed by atoms with van der Waals surface area (Å²) in [5, 5.41) is 7.54. The Labute approximate surface area is 194 Å². The Hall–Kier alpha value is -3.41. The van der Waals surface area contributed by atoms with Gasteiger partial charge < -0.3 is 20.7 Å². The van der Waals surface area contributed by atoms with Crippen molar-refractivity contribution in [3.8, 4) is 11.3 Å². The molecule has 34 heavy (non-hydrogen) atoms. The van der Waals surface area contributed by atoms with Crippen LogP contribution in [-0.4, -0.2) is 74.4 Å². The fourth-order valence-corrected chi connectivity index (χ4v) is 4.48. The van der Waals surface area contributed by atoms with E-state index >= 15 is 0 Å². The molecule has 0 aliphatic carbocycles. The van der Waals surface area contributed by atoms with Crippen LogP contribution in [0.3, 0.4) is 0 Å². The molecule has 0 bridgehead atoms. The van der Waals surface area contributed by atoms with Crippen molar-refractivity contribution in [1.82, 2.24) is 29.6 Å². The number of nitrogens with one attached hydrogen (secondary N) is 1. The summed E-state index contributed by atoms with van der Waals surface area (Å²) in [5.41, 5.74) is 7.79. The van der Waals surface area contributed by atoms with Gasteiger partial charge >= 0.3 is 6.03 Å². The van der Waals surface area contributed by atoms with Crippen molar-refractivity contribution in [1.29, 1.82) is 0 Å². The maximum absolute atomic E-state index is 14.6. The Balaban J connectivity index is 1.41. The summed E-state index contributed by atoms with van der Waals surface area (Å²) in [7, 11) is 0. The summed E-state index contributed by atoms with van der Waals surface area (Å²) in [5.74, 6) is -3.68. The highest BCUT2D eigenvalue weighted by Gasteiger charge is 2.44. The van der Waals surface area contributed by atoms with Gasteiger partial charge in [-0.05, 0) is 18.9 Å². The molecule has 1 atom stereocenters. The Morgan fingerprint density at radius 3 is 2.85 bits per heavy atom. The van der Waals surface area contributed by atoms with E-state index in [0.717, 1.165) is 18.4 Å². The number of primary amides is 1. The van der Waals surface area contributed by atoms with Gasteiger partial charge in [0.25, 0.3) is 5.92 Å². The molecule has 3 aromatic heterocycles. The van der Waals surface area contributed by atoms with Crippen molar-refractivity contribution in [2.24, 2.45) is 11.7 Å². The maximum Gasteiger partial charge on any atom is 0.314 e. The average Bonchev–Trinajstić information content (AvgIpc) is 3.34. The molecule has 2 saturated heterocycles. The first-order valence-electron chi connectivity index (χ1n) is 11.3. The van der Waals surface area contributed by atoms with E-state index in [4.69, 9.17) is 10.5 Å². The zero-order valence-electron chi connectivity index (χ0n) is 18.5. The Kier molecular flexibility index (Phi) is 5.98. The number of urea groups is 1. The molecule has 2 aliphatic heterocycles. The van der Waals surface area contributed by atoms with E-state index in [0.29, 0.717) is 35.8 Å². The van der Waals surface area contributed by atoms with Crippen LogP contribution in [0.1, 0.15) is 25.3 Å². The highest BCUT2D eigenvalue weighted by molar-refractivity contribution is 5.88. The van der Waals surface area contributed by atoms with E-state index in [1.807, 2.05) is 16.9 Å². The largest absolute Gasteiger partial charge is 0.381 e. The van der Waals surface area contributed by atoms with Gasteiger partial charge in [0.15, 0.2) is 5.82 Å². The van der Waals surface area contributed by atoms with Gasteiger partial charge in [0, 0.05) is 63.4 Å². The van der Waals surface area contributed by atoms with Crippen LogP contribution in [0.4, 0.5) is 19.4 Å². The van der Waals surface area contributed by atoms with E-state index in [-0.39, 0.29) is 25.7 Å². The molecule has 0 saturated carbocycles. The number of pyridine rings is 1. The molecule has 0 radical (unpaired) electrons.